The second-order valence-electron chi connectivity index (χ2n) is 3.84. The van der Waals surface area contributed by atoms with E-state index in [1.807, 2.05) is 9.44 Å². The molecule has 0 aliphatic rings. The Morgan fingerprint density at radius 1 is 0.952 bits per heavy atom. The average Bonchev–Trinajstić information content (AvgIpc) is 2.43. The van der Waals surface area contributed by atoms with Gasteiger partial charge in [-0.05, 0) is 6.92 Å². The average molecular weight is 326 g/mol. The van der Waals surface area contributed by atoms with E-state index in [0.29, 0.717) is 0 Å². The number of ether oxygens (including phenoxy) is 3. The molecule has 0 fully saturated rings. The number of hydrogen-bond donors (Lipinski definition) is 2. The number of methoxy groups -OCH3 is 3. The van der Waals surface area contributed by atoms with E-state index in [4.69, 9.17) is 0 Å². The summed E-state index contributed by atoms with van der Waals surface area (Å²) in [5, 5.41) is 0. The molecule has 0 aliphatic carbocycles. The summed E-state index contributed by atoms with van der Waals surface area (Å²) in [4.78, 5) is 33.7. The predicted octanol–water partition coefficient (Wildman–Crippen LogP) is -1.92. The van der Waals surface area contributed by atoms with Crippen molar-refractivity contribution in [3.63, 3.8) is 0 Å². The molecule has 0 saturated carbocycles. The molecular weight excluding hydrogens is 308 g/mol. The lowest BCUT2D eigenvalue weighted by atomic mass is 10.2. The fourth-order valence-electron chi connectivity index (χ4n) is 1.24. The third-order valence-electron chi connectivity index (χ3n) is 2.27. The Morgan fingerprint density at radius 2 is 1.48 bits per heavy atom. The van der Waals surface area contributed by atoms with Gasteiger partial charge in [-0.3, -0.25) is 14.4 Å². The summed E-state index contributed by atoms with van der Waals surface area (Å²) >= 11 is 0. The molecule has 0 rings (SSSR count). The molecule has 0 radical (unpaired) electrons. The van der Waals surface area contributed by atoms with Gasteiger partial charge in [0.05, 0.1) is 27.8 Å². The maximum absolute atomic E-state index is 11.8. The van der Waals surface area contributed by atoms with Crippen molar-refractivity contribution in [3.05, 3.63) is 0 Å². The van der Waals surface area contributed by atoms with Crippen molar-refractivity contribution in [2.24, 2.45) is 0 Å². The maximum Gasteiger partial charge on any atom is 0.324 e. The molecule has 2 N–H and O–H groups in total. The van der Waals surface area contributed by atoms with Crippen LogP contribution >= 0.6 is 0 Å². The zero-order chi connectivity index (χ0) is 16.6. The van der Waals surface area contributed by atoms with Gasteiger partial charge in [0.25, 0.3) is 10.2 Å². The third-order valence-corrected chi connectivity index (χ3v) is 3.53. The van der Waals surface area contributed by atoms with E-state index in [0.717, 1.165) is 21.3 Å². The van der Waals surface area contributed by atoms with E-state index in [1.165, 1.54) is 6.92 Å². The third kappa shape index (κ3) is 7.02. The lowest BCUT2D eigenvalue weighted by molar-refractivity contribution is -0.149. The molecule has 0 heterocycles. The normalized spacial score (nSPS) is 13.9. The number of carbonyl (C=O) groups excluding carboxylic acids is 3. The van der Waals surface area contributed by atoms with Crippen LogP contribution < -0.4 is 9.44 Å². The summed E-state index contributed by atoms with van der Waals surface area (Å²) in [6.07, 6.45) is -0.559. The first kappa shape index (κ1) is 19.3. The fraction of sp³-hybridized carbons (Fsp3) is 0.700. The number of esters is 3. The molecule has 0 aromatic carbocycles. The summed E-state index contributed by atoms with van der Waals surface area (Å²) in [5.41, 5.74) is 0. The van der Waals surface area contributed by atoms with Crippen LogP contribution in [-0.4, -0.2) is 59.7 Å². The Bertz CT molecular complexity index is 489. The Morgan fingerprint density at radius 3 is 1.90 bits per heavy atom. The van der Waals surface area contributed by atoms with Crippen LogP contribution in [-0.2, 0) is 38.8 Å². The first-order chi connectivity index (χ1) is 9.66. The summed E-state index contributed by atoms with van der Waals surface area (Å²) in [6, 6.07) is -2.66. The van der Waals surface area contributed by atoms with Crippen LogP contribution in [0.25, 0.3) is 0 Å². The van der Waals surface area contributed by atoms with E-state index in [1.54, 1.807) is 0 Å². The molecular formula is C10H18N2O8S. The molecule has 0 bridgehead atoms. The van der Waals surface area contributed by atoms with Gasteiger partial charge < -0.3 is 14.2 Å². The van der Waals surface area contributed by atoms with Crippen molar-refractivity contribution < 1.29 is 37.0 Å². The van der Waals surface area contributed by atoms with Crippen molar-refractivity contribution >= 4 is 28.1 Å². The highest BCUT2D eigenvalue weighted by Gasteiger charge is 2.30. The van der Waals surface area contributed by atoms with Crippen LogP contribution in [0.2, 0.25) is 0 Å². The molecule has 2 unspecified atom stereocenters. The van der Waals surface area contributed by atoms with Crippen LogP contribution in [0, 0.1) is 0 Å². The summed E-state index contributed by atoms with van der Waals surface area (Å²) in [5.74, 6) is -2.60. The van der Waals surface area contributed by atoms with Crippen molar-refractivity contribution in [1.29, 1.82) is 0 Å². The Kier molecular flexibility index (Phi) is 7.84. The molecule has 0 amide bonds. The van der Waals surface area contributed by atoms with Gasteiger partial charge in [-0.15, -0.1) is 0 Å². The van der Waals surface area contributed by atoms with E-state index >= 15 is 0 Å². The molecule has 122 valence electrons. The first-order valence-corrected chi connectivity index (χ1v) is 7.17. The molecule has 0 aliphatic heterocycles. The van der Waals surface area contributed by atoms with Gasteiger partial charge in [-0.1, -0.05) is 0 Å². The predicted molar refractivity (Wildman–Crippen MR) is 69.1 cm³/mol. The lowest BCUT2D eigenvalue weighted by Gasteiger charge is -2.17. The maximum atomic E-state index is 11.8. The van der Waals surface area contributed by atoms with Crippen molar-refractivity contribution in [2.45, 2.75) is 25.4 Å². The summed E-state index contributed by atoms with van der Waals surface area (Å²) in [7, 11) is -1.04. The fourth-order valence-corrected chi connectivity index (χ4v) is 2.43. The highest BCUT2D eigenvalue weighted by Crippen LogP contribution is 2.00. The van der Waals surface area contributed by atoms with Crippen molar-refractivity contribution in [3.8, 4) is 0 Å². The van der Waals surface area contributed by atoms with Gasteiger partial charge in [-0.2, -0.15) is 17.9 Å². The van der Waals surface area contributed by atoms with Crippen molar-refractivity contribution in [1.82, 2.24) is 9.44 Å². The molecule has 21 heavy (non-hydrogen) atoms. The molecule has 2 atom stereocenters. The number of carbonyl (C=O) groups is 3. The lowest BCUT2D eigenvalue weighted by Crippen LogP contribution is -2.51. The summed E-state index contributed by atoms with van der Waals surface area (Å²) < 4.78 is 40.5. The van der Waals surface area contributed by atoms with Crippen molar-refractivity contribution in [2.75, 3.05) is 21.3 Å². The quantitative estimate of drug-likeness (QED) is 0.389. The second kappa shape index (κ2) is 8.54. The molecule has 0 aromatic rings. The van der Waals surface area contributed by atoms with Crippen LogP contribution in [0.4, 0.5) is 0 Å². The smallest absolute Gasteiger partial charge is 0.324 e. The summed E-state index contributed by atoms with van der Waals surface area (Å²) in [6.45, 7) is 1.25. The largest absolute Gasteiger partial charge is 0.469 e. The first-order valence-electron chi connectivity index (χ1n) is 5.68. The highest BCUT2D eigenvalue weighted by atomic mass is 32.2. The monoisotopic (exact) mass is 326 g/mol. The minimum absolute atomic E-state index is 0.559. The van der Waals surface area contributed by atoms with Crippen LogP contribution in [0.5, 0.6) is 0 Å². The van der Waals surface area contributed by atoms with Gasteiger partial charge in [-0.25, -0.2) is 0 Å². The van der Waals surface area contributed by atoms with Gasteiger partial charge in [0.15, 0.2) is 0 Å². The topological polar surface area (TPSA) is 137 Å². The van der Waals surface area contributed by atoms with Gasteiger partial charge in [0.1, 0.15) is 12.1 Å². The number of hydrogen-bond acceptors (Lipinski definition) is 8. The standard InChI is InChI=1S/C10H18N2O8S/c1-6(9(14)19-3)11-21(16,17)12-7(10(15)20-4)5-8(13)18-2/h6-7,11-12H,5H2,1-4H3. The Labute approximate surface area is 122 Å². The SMILES string of the molecule is COC(=O)CC(NS(=O)(=O)NC(C)C(=O)OC)C(=O)OC. The van der Waals surface area contributed by atoms with E-state index < -0.39 is 46.6 Å². The van der Waals surface area contributed by atoms with E-state index in [-0.39, 0.29) is 0 Å². The van der Waals surface area contributed by atoms with Gasteiger partial charge >= 0.3 is 17.9 Å². The van der Waals surface area contributed by atoms with Crippen LogP contribution in [0.15, 0.2) is 0 Å². The minimum Gasteiger partial charge on any atom is -0.469 e. The number of nitrogens with one attached hydrogen (secondary N) is 2. The van der Waals surface area contributed by atoms with Crippen LogP contribution in [0.1, 0.15) is 13.3 Å². The van der Waals surface area contributed by atoms with Gasteiger partial charge in [0, 0.05) is 0 Å². The second-order valence-corrected chi connectivity index (χ2v) is 5.32. The number of rotatable bonds is 8. The molecule has 10 nitrogen and oxygen atoms in total. The van der Waals surface area contributed by atoms with E-state index in [9.17, 15) is 22.8 Å². The Hall–Kier alpha value is -1.72. The molecule has 0 aromatic heterocycles. The molecule has 11 heteroatoms. The van der Waals surface area contributed by atoms with Crippen LogP contribution in [0.3, 0.4) is 0 Å². The molecule has 0 spiro atoms. The zero-order valence-corrected chi connectivity index (χ0v) is 12.9. The zero-order valence-electron chi connectivity index (χ0n) is 12.0. The minimum atomic E-state index is -4.25. The Balaban J connectivity index is 4.93. The molecule has 0 saturated heterocycles. The van der Waals surface area contributed by atoms with E-state index in [2.05, 4.69) is 14.2 Å². The van der Waals surface area contributed by atoms with Gasteiger partial charge in [0.2, 0.25) is 0 Å². The highest BCUT2D eigenvalue weighted by molar-refractivity contribution is 7.87.